The first-order chi connectivity index (χ1) is 8.46. The zero-order valence-electron chi connectivity index (χ0n) is 11.8. The first-order valence-electron chi connectivity index (χ1n) is 7.47. The van der Waals surface area contributed by atoms with Gasteiger partial charge >= 0.3 is 0 Å². The van der Waals surface area contributed by atoms with E-state index in [0.29, 0.717) is 24.2 Å². The Balaban J connectivity index is 1.62. The van der Waals surface area contributed by atoms with E-state index >= 15 is 0 Å². The van der Waals surface area contributed by atoms with E-state index in [9.17, 15) is 0 Å². The summed E-state index contributed by atoms with van der Waals surface area (Å²) in [5.41, 5.74) is -0.0598. The Morgan fingerprint density at radius 3 is 2.28 bits per heavy atom. The van der Waals surface area contributed by atoms with Crippen molar-refractivity contribution in [2.75, 3.05) is 0 Å². The SMILES string of the molecule is CC1C(OC(C)(C)C)C2OC1C1C3C=CC(C3)C21. The number of hydrogen-bond donors (Lipinski definition) is 0. The van der Waals surface area contributed by atoms with Gasteiger partial charge in [-0.1, -0.05) is 19.1 Å². The van der Waals surface area contributed by atoms with Crippen LogP contribution in [-0.4, -0.2) is 23.9 Å². The molecule has 18 heavy (non-hydrogen) atoms. The molecule has 3 fully saturated rings. The summed E-state index contributed by atoms with van der Waals surface area (Å²) in [6.45, 7) is 8.80. The zero-order valence-corrected chi connectivity index (χ0v) is 11.8. The molecule has 8 unspecified atom stereocenters. The molecular formula is C16H24O2. The summed E-state index contributed by atoms with van der Waals surface area (Å²) in [5, 5.41) is 0. The fraction of sp³-hybridized carbons (Fsp3) is 0.875. The van der Waals surface area contributed by atoms with Crippen molar-refractivity contribution in [2.45, 2.75) is 58.0 Å². The van der Waals surface area contributed by atoms with Gasteiger partial charge in [-0.05, 0) is 50.9 Å². The second-order valence-corrected chi connectivity index (χ2v) is 7.72. The van der Waals surface area contributed by atoms with Gasteiger partial charge in [-0.2, -0.15) is 0 Å². The van der Waals surface area contributed by atoms with E-state index in [1.54, 1.807) is 0 Å². The average molecular weight is 248 g/mol. The zero-order chi connectivity index (χ0) is 12.7. The van der Waals surface area contributed by atoms with Crippen molar-refractivity contribution >= 4 is 0 Å². The maximum atomic E-state index is 6.33. The van der Waals surface area contributed by atoms with Gasteiger partial charge in [-0.25, -0.2) is 0 Å². The lowest BCUT2D eigenvalue weighted by Crippen LogP contribution is -2.47. The molecule has 0 amide bonds. The van der Waals surface area contributed by atoms with Gasteiger partial charge < -0.3 is 9.47 Å². The normalized spacial score (nSPS) is 56.4. The molecule has 2 aliphatic heterocycles. The van der Waals surface area contributed by atoms with Crippen LogP contribution >= 0.6 is 0 Å². The first-order valence-corrected chi connectivity index (χ1v) is 7.47. The third-order valence-corrected chi connectivity index (χ3v) is 5.51. The fourth-order valence-electron chi connectivity index (χ4n) is 5.03. The lowest BCUT2D eigenvalue weighted by Gasteiger charge is -2.39. The lowest BCUT2D eigenvalue weighted by atomic mass is 9.68. The van der Waals surface area contributed by atoms with Crippen LogP contribution in [0.3, 0.4) is 0 Å². The number of fused-ring (bicyclic) bond motifs is 9. The van der Waals surface area contributed by atoms with Crippen molar-refractivity contribution in [1.82, 2.24) is 0 Å². The molecule has 4 bridgehead atoms. The standard InChI is InChI=1S/C16H24O2/c1-8-13-11-9-5-6-10(7-9)12(11)15(17-13)14(8)18-16(2,3)4/h5-6,8-15H,7H2,1-4H3. The predicted molar refractivity (Wildman–Crippen MR) is 70.2 cm³/mol. The van der Waals surface area contributed by atoms with Crippen LogP contribution in [0.1, 0.15) is 34.1 Å². The molecule has 0 spiro atoms. The molecule has 0 aromatic heterocycles. The third-order valence-electron chi connectivity index (χ3n) is 5.51. The molecule has 0 aromatic carbocycles. The maximum Gasteiger partial charge on any atom is 0.0897 e. The third kappa shape index (κ3) is 1.36. The highest BCUT2D eigenvalue weighted by Gasteiger charge is 2.65. The quantitative estimate of drug-likeness (QED) is 0.664. The van der Waals surface area contributed by atoms with E-state index in [-0.39, 0.29) is 5.60 Å². The Bertz CT molecular complexity index is 394. The van der Waals surface area contributed by atoms with Crippen LogP contribution in [0.4, 0.5) is 0 Å². The van der Waals surface area contributed by atoms with Crippen LogP contribution in [0.25, 0.3) is 0 Å². The summed E-state index contributed by atoms with van der Waals surface area (Å²) in [6, 6.07) is 0. The average Bonchev–Trinajstić information content (AvgIpc) is 2.96. The Morgan fingerprint density at radius 2 is 1.67 bits per heavy atom. The van der Waals surface area contributed by atoms with Crippen molar-refractivity contribution in [2.24, 2.45) is 29.6 Å². The molecule has 0 aromatic rings. The van der Waals surface area contributed by atoms with E-state index in [1.165, 1.54) is 6.42 Å². The van der Waals surface area contributed by atoms with E-state index in [4.69, 9.17) is 9.47 Å². The van der Waals surface area contributed by atoms with Crippen LogP contribution in [0.2, 0.25) is 0 Å². The second-order valence-electron chi connectivity index (χ2n) is 7.72. The topological polar surface area (TPSA) is 18.5 Å². The number of ether oxygens (including phenoxy) is 2. The summed E-state index contributed by atoms with van der Waals surface area (Å²) in [5.74, 6) is 3.66. The highest BCUT2D eigenvalue weighted by Crippen LogP contribution is 2.62. The van der Waals surface area contributed by atoms with E-state index in [2.05, 4.69) is 39.8 Å². The molecule has 2 heteroatoms. The van der Waals surface area contributed by atoms with Gasteiger partial charge in [0, 0.05) is 5.92 Å². The molecule has 8 atom stereocenters. The van der Waals surface area contributed by atoms with Crippen molar-refractivity contribution in [3.8, 4) is 0 Å². The maximum absolute atomic E-state index is 6.33. The minimum absolute atomic E-state index is 0.0598. The highest BCUT2D eigenvalue weighted by atomic mass is 16.6. The van der Waals surface area contributed by atoms with Crippen molar-refractivity contribution in [3.63, 3.8) is 0 Å². The minimum Gasteiger partial charge on any atom is -0.371 e. The first kappa shape index (κ1) is 11.5. The van der Waals surface area contributed by atoms with Crippen LogP contribution in [0.15, 0.2) is 12.2 Å². The van der Waals surface area contributed by atoms with Crippen LogP contribution in [0.5, 0.6) is 0 Å². The lowest BCUT2D eigenvalue weighted by molar-refractivity contribution is -0.110. The highest BCUT2D eigenvalue weighted by molar-refractivity contribution is 5.22. The van der Waals surface area contributed by atoms with Crippen LogP contribution in [0, 0.1) is 29.6 Å². The van der Waals surface area contributed by atoms with Crippen molar-refractivity contribution in [3.05, 3.63) is 12.2 Å². The van der Waals surface area contributed by atoms with Crippen molar-refractivity contribution < 1.29 is 9.47 Å². The molecule has 2 heterocycles. The van der Waals surface area contributed by atoms with Crippen LogP contribution in [-0.2, 0) is 9.47 Å². The van der Waals surface area contributed by atoms with Gasteiger partial charge in [0.1, 0.15) is 0 Å². The molecular weight excluding hydrogens is 224 g/mol. The predicted octanol–water partition coefficient (Wildman–Crippen LogP) is 3.03. The summed E-state index contributed by atoms with van der Waals surface area (Å²) >= 11 is 0. The Labute approximate surface area is 110 Å². The summed E-state index contributed by atoms with van der Waals surface area (Å²) in [4.78, 5) is 0. The number of allylic oxidation sites excluding steroid dienone is 2. The molecule has 4 rings (SSSR count). The van der Waals surface area contributed by atoms with Gasteiger partial charge in [-0.15, -0.1) is 0 Å². The van der Waals surface area contributed by atoms with E-state index in [0.717, 1.165) is 23.7 Å². The number of rotatable bonds is 1. The van der Waals surface area contributed by atoms with Gasteiger partial charge in [0.05, 0.1) is 23.9 Å². The van der Waals surface area contributed by atoms with Gasteiger partial charge in [-0.3, -0.25) is 0 Å². The van der Waals surface area contributed by atoms with Crippen molar-refractivity contribution in [1.29, 1.82) is 0 Å². The molecule has 100 valence electrons. The minimum atomic E-state index is -0.0598. The summed E-state index contributed by atoms with van der Waals surface area (Å²) in [6.07, 6.45) is 7.38. The Hall–Kier alpha value is -0.340. The van der Waals surface area contributed by atoms with Gasteiger partial charge in [0.2, 0.25) is 0 Å². The molecule has 1 saturated carbocycles. The molecule has 4 aliphatic rings. The number of hydrogen-bond acceptors (Lipinski definition) is 2. The summed E-state index contributed by atoms with van der Waals surface area (Å²) in [7, 11) is 0. The Kier molecular flexibility index (Phi) is 2.17. The van der Waals surface area contributed by atoms with Gasteiger partial charge in [0.25, 0.3) is 0 Å². The second kappa shape index (κ2) is 3.40. The monoisotopic (exact) mass is 248 g/mol. The molecule has 2 nitrogen and oxygen atoms in total. The molecule has 2 saturated heterocycles. The molecule has 0 N–H and O–H groups in total. The Morgan fingerprint density at radius 1 is 1.06 bits per heavy atom. The summed E-state index contributed by atoms with van der Waals surface area (Å²) < 4.78 is 12.6. The van der Waals surface area contributed by atoms with E-state index < -0.39 is 0 Å². The molecule has 0 radical (unpaired) electrons. The smallest absolute Gasteiger partial charge is 0.0897 e. The van der Waals surface area contributed by atoms with Crippen LogP contribution < -0.4 is 0 Å². The molecule has 2 aliphatic carbocycles. The fourth-order valence-corrected chi connectivity index (χ4v) is 5.03. The van der Waals surface area contributed by atoms with E-state index in [1.807, 2.05) is 0 Å². The van der Waals surface area contributed by atoms with Gasteiger partial charge in [0.15, 0.2) is 0 Å². The largest absolute Gasteiger partial charge is 0.371 e.